The number of nitrogens with one attached hydrogen (secondary N) is 3. The Morgan fingerprint density at radius 1 is 1.07 bits per heavy atom. The maximum Gasteiger partial charge on any atom is 0.416 e. The minimum atomic E-state index is -4.39. The molecule has 2 atom stereocenters. The van der Waals surface area contributed by atoms with E-state index in [1.54, 1.807) is 0 Å². The van der Waals surface area contributed by atoms with Gasteiger partial charge in [0.05, 0.1) is 17.6 Å². The molecule has 4 rings (SSSR count). The van der Waals surface area contributed by atoms with Crippen molar-refractivity contribution in [2.75, 3.05) is 10.6 Å². The number of fused-ring (bicyclic) bond motifs is 2. The normalized spacial score (nSPS) is 20.9. The molecule has 0 aromatic heterocycles. The van der Waals surface area contributed by atoms with Crippen molar-refractivity contribution < 1.29 is 18.0 Å². The third-order valence-corrected chi connectivity index (χ3v) is 5.18. The van der Waals surface area contributed by atoms with E-state index in [1.165, 1.54) is 17.7 Å². The summed E-state index contributed by atoms with van der Waals surface area (Å²) in [4.78, 5) is 12.4. The number of halogens is 3. The minimum Gasteiger partial charge on any atom is -0.376 e. The summed E-state index contributed by atoms with van der Waals surface area (Å²) < 4.78 is 37.9. The first kappa shape index (κ1) is 18.4. The Balaban J connectivity index is 1.42. The molecule has 0 spiro atoms. The van der Waals surface area contributed by atoms with Gasteiger partial charge in [0.1, 0.15) is 0 Å². The zero-order valence-corrected chi connectivity index (χ0v) is 15.0. The lowest BCUT2D eigenvalue weighted by Gasteiger charge is -2.38. The van der Waals surface area contributed by atoms with Crippen LogP contribution in [0.4, 0.5) is 29.3 Å². The van der Waals surface area contributed by atoms with Crippen LogP contribution in [0, 0.1) is 0 Å². The topological polar surface area (TPSA) is 53.2 Å². The number of benzene rings is 2. The van der Waals surface area contributed by atoms with Crippen LogP contribution in [0.2, 0.25) is 0 Å². The number of para-hydroxylation sites is 1. The van der Waals surface area contributed by atoms with Crippen molar-refractivity contribution in [3.05, 3.63) is 65.2 Å². The summed E-state index contributed by atoms with van der Waals surface area (Å²) in [5, 5.41) is 9.09. The molecule has 0 bridgehead atoms. The van der Waals surface area contributed by atoms with Gasteiger partial charge in [-0.1, -0.05) is 24.3 Å². The molecule has 2 aromatic rings. The van der Waals surface area contributed by atoms with Crippen LogP contribution in [-0.2, 0) is 6.18 Å². The first-order valence-corrected chi connectivity index (χ1v) is 9.21. The van der Waals surface area contributed by atoms with Crippen LogP contribution in [0.25, 0.3) is 6.08 Å². The number of hydrogen-bond donors (Lipinski definition) is 3. The molecular weight excluding hydrogens is 367 g/mol. The van der Waals surface area contributed by atoms with Gasteiger partial charge in [-0.15, -0.1) is 0 Å². The summed E-state index contributed by atoms with van der Waals surface area (Å²) >= 11 is 0. The SMILES string of the molecule is O=C(Nc1ccc(C(F)(F)F)cc1)NC1CCCC2=Cc3ccccc3NC21. The number of carbonyl (C=O) groups is 1. The fourth-order valence-electron chi connectivity index (χ4n) is 3.82. The number of amides is 2. The maximum absolute atomic E-state index is 12.6. The Kier molecular flexibility index (Phi) is 4.75. The highest BCUT2D eigenvalue weighted by Crippen LogP contribution is 2.35. The molecule has 2 aliphatic rings. The first-order chi connectivity index (χ1) is 13.4. The second kappa shape index (κ2) is 7.22. The predicted molar refractivity (Wildman–Crippen MR) is 103 cm³/mol. The fourth-order valence-corrected chi connectivity index (χ4v) is 3.82. The first-order valence-electron chi connectivity index (χ1n) is 9.21. The predicted octanol–water partition coefficient (Wildman–Crippen LogP) is 5.26. The molecule has 1 saturated carbocycles. The zero-order chi connectivity index (χ0) is 19.7. The third-order valence-electron chi connectivity index (χ3n) is 5.18. The quantitative estimate of drug-likeness (QED) is 0.659. The van der Waals surface area contributed by atoms with Gasteiger partial charge in [0.2, 0.25) is 0 Å². The van der Waals surface area contributed by atoms with Crippen molar-refractivity contribution in [3.8, 4) is 0 Å². The van der Waals surface area contributed by atoms with E-state index in [0.29, 0.717) is 5.69 Å². The molecule has 2 unspecified atom stereocenters. The summed E-state index contributed by atoms with van der Waals surface area (Å²) in [6, 6.07) is 11.9. The molecule has 2 amide bonds. The highest BCUT2D eigenvalue weighted by molar-refractivity contribution is 5.89. The van der Waals surface area contributed by atoms with Gasteiger partial charge in [0, 0.05) is 11.4 Å². The summed E-state index contributed by atoms with van der Waals surface area (Å²) in [6.45, 7) is 0. The molecule has 2 aromatic carbocycles. The molecule has 4 nitrogen and oxygen atoms in total. The van der Waals surface area contributed by atoms with E-state index in [0.717, 1.165) is 42.6 Å². The monoisotopic (exact) mass is 387 g/mol. The van der Waals surface area contributed by atoms with Crippen molar-refractivity contribution in [3.63, 3.8) is 0 Å². The van der Waals surface area contributed by atoms with Gasteiger partial charge in [-0.25, -0.2) is 4.79 Å². The van der Waals surface area contributed by atoms with E-state index in [2.05, 4.69) is 28.1 Å². The smallest absolute Gasteiger partial charge is 0.376 e. The van der Waals surface area contributed by atoms with Gasteiger partial charge in [-0.3, -0.25) is 0 Å². The Morgan fingerprint density at radius 3 is 2.57 bits per heavy atom. The van der Waals surface area contributed by atoms with E-state index >= 15 is 0 Å². The van der Waals surface area contributed by atoms with E-state index in [1.807, 2.05) is 18.2 Å². The molecule has 1 aliphatic heterocycles. The number of anilines is 2. The Labute approximate surface area is 160 Å². The molecule has 28 heavy (non-hydrogen) atoms. The Hall–Kier alpha value is -2.96. The number of urea groups is 1. The average molecular weight is 387 g/mol. The maximum atomic E-state index is 12.6. The van der Waals surface area contributed by atoms with Gasteiger partial charge in [0.15, 0.2) is 0 Å². The second-order valence-electron chi connectivity index (χ2n) is 7.10. The van der Waals surface area contributed by atoms with E-state index in [9.17, 15) is 18.0 Å². The van der Waals surface area contributed by atoms with Crippen molar-refractivity contribution in [1.82, 2.24) is 5.32 Å². The number of hydrogen-bond acceptors (Lipinski definition) is 2. The van der Waals surface area contributed by atoms with Crippen LogP contribution < -0.4 is 16.0 Å². The zero-order valence-electron chi connectivity index (χ0n) is 15.0. The summed E-state index contributed by atoms with van der Waals surface area (Å²) in [7, 11) is 0. The molecule has 0 saturated heterocycles. The summed E-state index contributed by atoms with van der Waals surface area (Å²) in [5.74, 6) is 0. The van der Waals surface area contributed by atoms with Gasteiger partial charge in [0.25, 0.3) is 0 Å². The molecule has 0 radical (unpaired) electrons. The highest BCUT2D eigenvalue weighted by Gasteiger charge is 2.33. The van der Waals surface area contributed by atoms with Gasteiger partial charge in [-0.05, 0) is 60.7 Å². The van der Waals surface area contributed by atoms with E-state index < -0.39 is 17.8 Å². The van der Waals surface area contributed by atoms with Gasteiger partial charge >= 0.3 is 12.2 Å². The molecule has 3 N–H and O–H groups in total. The van der Waals surface area contributed by atoms with E-state index in [4.69, 9.17) is 0 Å². The number of carbonyl (C=O) groups excluding carboxylic acids is 1. The molecule has 1 aliphatic carbocycles. The average Bonchev–Trinajstić information content (AvgIpc) is 2.66. The van der Waals surface area contributed by atoms with Crippen LogP contribution in [0.5, 0.6) is 0 Å². The van der Waals surface area contributed by atoms with Crippen LogP contribution in [0.1, 0.15) is 30.4 Å². The summed E-state index contributed by atoms with van der Waals surface area (Å²) in [5.41, 5.74) is 3.01. The van der Waals surface area contributed by atoms with Crippen LogP contribution in [0.15, 0.2) is 54.1 Å². The molecule has 7 heteroatoms. The molecule has 1 heterocycles. The molecule has 1 fully saturated rings. The molecule has 146 valence electrons. The van der Waals surface area contributed by atoms with Crippen molar-refractivity contribution in [2.24, 2.45) is 0 Å². The Bertz CT molecular complexity index is 906. The van der Waals surface area contributed by atoms with Gasteiger partial charge < -0.3 is 16.0 Å². The number of rotatable bonds is 2. The minimum absolute atomic E-state index is 0.0157. The van der Waals surface area contributed by atoms with Crippen LogP contribution >= 0.6 is 0 Å². The van der Waals surface area contributed by atoms with E-state index in [-0.39, 0.29) is 12.1 Å². The van der Waals surface area contributed by atoms with Crippen molar-refractivity contribution in [1.29, 1.82) is 0 Å². The molecular formula is C21H20F3N3O. The van der Waals surface area contributed by atoms with Crippen molar-refractivity contribution >= 4 is 23.5 Å². The fraction of sp³-hybridized carbons (Fsp3) is 0.286. The lowest BCUT2D eigenvalue weighted by atomic mass is 9.82. The Morgan fingerprint density at radius 2 is 1.82 bits per heavy atom. The largest absolute Gasteiger partial charge is 0.416 e. The second-order valence-corrected chi connectivity index (χ2v) is 7.10. The lowest BCUT2D eigenvalue weighted by Crippen LogP contribution is -2.51. The summed E-state index contributed by atoms with van der Waals surface area (Å²) in [6.07, 6.45) is 0.562. The van der Waals surface area contributed by atoms with Crippen molar-refractivity contribution in [2.45, 2.75) is 37.5 Å². The van der Waals surface area contributed by atoms with Crippen LogP contribution in [0.3, 0.4) is 0 Å². The van der Waals surface area contributed by atoms with Gasteiger partial charge in [-0.2, -0.15) is 13.2 Å². The third kappa shape index (κ3) is 3.83. The standard InChI is InChI=1S/C21H20F3N3O/c22-21(23,24)15-8-10-16(11-9-15)25-20(28)27-18-7-3-5-14-12-13-4-1-2-6-17(13)26-19(14)18/h1-2,4,6,8-12,18-19,26H,3,5,7H2,(H2,25,27,28). The number of alkyl halides is 3. The lowest BCUT2D eigenvalue weighted by molar-refractivity contribution is -0.137. The van der Waals surface area contributed by atoms with Crippen LogP contribution in [-0.4, -0.2) is 18.1 Å². The highest BCUT2D eigenvalue weighted by atomic mass is 19.4.